The molecule has 2 fully saturated rings. The summed E-state index contributed by atoms with van der Waals surface area (Å²) in [7, 11) is 1.66. The summed E-state index contributed by atoms with van der Waals surface area (Å²) in [6, 6.07) is 0.498. The van der Waals surface area contributed by atoms with Gasteiger partial charge in [0.2, 0.25) is 5.91 Å². The predicted octanol–water partition coefficient (Wildman–Crippen LogP) is 4.93. The van der Waals surface area contributed by atoms with Crippen LogP contribution in [-0.4, -0.2) is 69.8 Å². The van der Waals surface area contributed by atoms with E-state index in [1.54, 1.807) is 13.4 Å². The molecule has 0 radical (unpaired) electrons. The molecule has 6 rings (SSSR count). The Labute approximate surface area is 227 Å². The number of rotatable bonds is 8. The van der Waals surface area contributed by atoms with Crippen LogP contribution in [0.2, 0.25) is 0 Å². The summed E-state index contributed by atoms with van der Waals surface area (Å²) in [6.45, 7) is 13.9. The number of aromatic nitrogens is 4. The van der Waals surface area contributed by atoms with Gasteiger partial charge in [-0.15, -0.1) is 11.3 Å². The summed E-state index contributed by atoms with van der Waals surface area (Å²) in [5.74, 6) is 1.70. The number of piperidine rings is 1. The lowest BCUT2D eigenvalue weighted by atomic mass is 9.88. The van der Waals surface area contributed by atoms with Crippen LogP contribution in [0.4, 0.5) is 0 Å². The van der Waals surface area contributed by atoms with E-state index in [1.165, 1.54) is 55.0 Å². The number of fused-ring (bicyclic) bond motifs is 4. The quantitative estimate of drug-likeness (QED) is 0.313. The van der Waals surface area contributed by atoms with Crippen molar-refractivity contribution in [2.45, 2.75) is 65.3 Å². The van der Waals surface area contributed by atoms with E-state index in [-0.39, 0.29) is 5.91 Å². The Balaban J connectivity index is 1.29. The molecule has 8 nitrogen and oxygen atoms in total. The molecule has 1 aliphatic carbocycles. The van der Waals surface area contributed by atoms with Crippen molar-refractivity contribution in [3.63, 3.8) is 0 Å². The molecule has 1 aliphatic heterocycles. The highest BCUT2D eigenvalue weighted by Gasteiger charge is 2.46. The number of nitrogens with zero attached hydrogens (tertiary/aromatic N) is 4. The molecule has 1 saturated heterocycles. The van der Waals surface area contributed by atoms with Gasteiger partial charge in [0.1, 0.15) is 11.2 Å². The average molecular weight is 535 g/mol. The topological polar surface area (TPSA) is 87.5 Å². The molecule has 2 aliphatic rings. The van der Waals surface area contributed by atoms with Crippen LogP contribution < -0.4 is 5.32 Å². The molecule has 1 amide bonds. The Morgan fingerprint density at radius 2 is 2.05 bits per heavy atom. The van der Waals surface area contributed by atoms with Gasteiger partial charge in [-0.2, -0.15) is 5.10 Å². The minimum absolute atomic E-state index is 0.107. The second kappa shape index (κ2) is 9.77. The van der Waals surface area contributed by atoms with Gasteiger partial charge in [0.05, 0.1) is 18.8 Å². The minimum Gasteiger partial charge on any atom is -0.383 e. The van der Waals surface area contributed by atoms with E-state index >= 15 is 0 Å². The third kappa shape index (κ3) is 4.06. The van der Waals surface area contributed by atoms with Crippen LogP contribution in [0, 0.1) is 26.7 Å². The van der Waals surface area contributed by atoms with Crippen molar-refractivity contribution in [1.29, 1.82) is 0 Å². The number of carbonyl (C=O) groups excluding carboxylic acids is 1. The zero-order chi connectivity index (χ0) is 26.7. The van der Waals surface area contributed by atoms with Crippen molar-refractivity contribution < 1.29 is 9.53 Å². The molecule has 2 bridgehead atoms. The van der Waals surface area contributed by atoms with Crippen molar-refractivity contribution in [3.05, 3.63) is 39.7 Å². The van der Waals surface area contributed by atoms with Crippen LogP contribution in [0.1, 0.15) is 65.7 Å². The number of hydrogen-bond acceptors (Lipinski definition) is 6. The van der Waals surface area contributed by atoms with Gasteiger partial charge in [-0.25, -0.2) is 9.50 Å². The monoisotopic (exact) mass is 534 g/mol. The standard InChI is InChI=1S/C29H38N6O2S/c1-15(2)24-25-18(5)27(21-10-20-9-19(21)11-34(20)13-23(36)30-7-8-37-6)38-29(25)33-26(24)22-12-35-28(31-14-32-35)17(4)16(22)3/h12,14-15,19-21,33H,7-11,13H2,1-6H3,(H,30,36)/t19?,20?,21-/m1/s1. The number of hydrogen-bond donors (Lipinski definition) is 2. The summed E-state index contributed by atoms with van der Waals surface area (Å²) in [5, 5.41) is 8.81. The zero-order valence-corrected chi connectivity index (χ0v) is 24.0. The molecule has 5 heterocycles. The van der Waals surface area contributed by atoms with E-state index in [4.69, 9.17) is 4.74 Å². The van der Waals surface area contributed by atoms with Gasteiger partial charge in [-0.3, -0.25) is 9.69 Å². The Bertz CT molecular complexity index is 1510. The molecule has 1 saturated carbocycles. The van der Waals surface area contributed by atoms with E-state index in [1.807, 2.05) is 15.9 Å². The first kappa shape index (κ1) is 25.5. The first-order chi connectivity index (χ1) is 18.3. The number of aromatic amines is 1. The first-order valence-electron chi connectivity index (χ1n) is 13.7. The van der Waals surface area contributed by atoms with E-state index < -0.39 is 0 Å². The second-order valence-corrected chi connectivity index (χ2v) is 12.5. The maximum Gasteiger partial charge on any atom is 0.234 e. The third-order valence-electron chi connectivity index (χ3n) is 8.90. The molecule has 3 atom stereocenters. The van der Waals surface area contributed by atoms with Crippen LogP contribution in [0.3, 0.4) is 0 Å². The lowest BCUT2D eigenvalue weighted by Gasteiger charge is -2.31. The minimum atomic E-state index is 0.107. The smallest absolute Gasteiger partial charge is 0.234 e. The number of thiophene rings is 1. The third-order valence-corrected chi connectivity index (χ3v) is 10.2. The number of likely N-dealkylation sites (tertiary alicyclic amines) is 1. The summed E-state index contributed by atoms with van der Waals surface area (Å²) in [6.07, 6.45) is 6.09. The number of carbonyl (C=O) groups is 1. The fourth-order valence-electron chi connectivity index (χ4n) is 6.94. The van der Waals surface area contributed by atoms with Gasteiger partial charge in [0, 0.05) is 48.3 Å². The fourth-order valence-corrected chi connectivity index (χ4v) is 8.37. The van der Waals surface area contributed by atoms with Crippen LogP contribution in [0.25, 0.3) is 27.1 Å². The fraction of sp³-hybridized carbons (Fsp3) is 0.552. The SMILES string of the molecule is COCCNC(=O)CN1CC2CC1C[C@H]2c1sc2[nH]c(-c3cn4ncnc4c(C)c3C)c(C(C)C)c2c1C. The number of methoxy groups -OCH3 is 1. The summed E-state index contributed by atoms with van der Waals surface area (Å²) in [5.41, 5.74) is 8.60. The van der Waals surface area contributed by atoms with Gasteiger partial charge >= 0.3 is 0 Å². The Hall–Kier alpha value is -2.75. The van der Waals surface area contributed by atoms with Gasteiger partial charge in [-0.1, -0.05) is 13.8 Å². The van der Waals surface area contributed by atoms with E-state index in [0.717, 1.165) is 18.6 Å². The molecule has 38 heavy (non-hydrogen) atoms. The summed E-state index contributed by atoms with van der Waals surface area (Å²) < 4.78 is 6.94. The molecule has 4 aromatic rings. The summed E-state index contributed by atoms with van der Waals surface area (Å²) in [4.78, 5) is 25.9. The predicted molar refractivity (Wildman–Crippen MR) is 152 cm³/mol. The first-order valence-corrected chi connectivity index (χ1v) is 14.5. The molecule has 0 aromatic carbocycles. The number of aryl methyl sites for hydroxylation is 2. The van der Waals surface area contributed by atoms with Crippen molar-refractivity contribution in [2.24, 2.45) is 5.92 Å². The van der Waals surface area contributed by atoms with E-state index in [2.05, 4.69) is 66.1 Å². The van der Waals surface area contributed by atoms with Crippen molar-refractivity contribution in [1.82, 2.24) is 29.8 Å². The number of nitrogens with one attached hydrogen (secondary N) is 2. The number of H-pyrrole nitrogens is 1. The molecule has 202 valence electrons. The van der Waals surface area contributed by atoms with Crippen molar-refractivity contribution >= 4 is 33.1 Å². The second-order valence-electron chi connectivity index (χ2n) is 11.4. The number of pyridine rings is 1. The molecule has 2 unspecified atom stereocenters. The average Bonchev–Trinajstić information content (AvgIpc) is 3.68. The zero-order valence-electron chi connectivity index (χ0n) is 23.2. The maximum atomic E-state index is 12.4. The molecule has 0 spiro atoms. The molecule has 9 heteroatoms. The normalized spacial score (nSPS) is 21.5. The van der Waals surface area contributed by atoms with Crippen molar-refractivity contribution in [3.8, 4) is 11.3 Å². The number of amides is 1. The maximum absolute atomic E-state index is 12.4. The van der Waals surface area contributed by atoms with Crippen molar-refractivity contribution in [2.75, 3.05) is 33.4 Å². The van der Waals surface area contributed by atoms with Crippen LogP contribution >= 0.6 is 11.3 Å². The lowest BCUT2D eigenvalue weighted by molar-refractivity contribution is -0.122. The molecule has 2 N–H and O–H groups in total. The molecular formula is C29H38N6O2S. The highest BCUT2D eigenvalue weighted by molar-refractivity contribution is 7.19. The largest absolute Gasteiger partial charge is 0.383 e. The Kier molecular flexibility index (Phi) is 6.56. The number of ether oxygens (including phenoxy) is 1. The van der Waals surface area contributed by atoms with Crippen LogP contribution in [0.15, 0.2) is 12.5 Å². The molecule has 4 aromatic heterocycles. The van der Waals surface area contributed by atoms with Crippen LogP contribution in [0.5, 0.6) is 0 Å². The van der Waals surface area contributed by atoms with Gasteiger partial charge in [0.15, 0.2) is 5.65 Å². The molecular weight excluding hydrogens is 496 g/mol. The Morgan fingerprint density at radius 1 is 1.24 bits per heavy atom. The lowest BCUT2D eigenvalue weighted by Crippen LogP contribution is -2.43. The highest BCUT2D eigenvalue weighted by atomic mass is 32.1. The summed E-state index contributed by atoms with van der Waals surface area (Å²) >= 11 is 1.95. The van der Waals surface area contributed by atoms with Gasteiger partial charge in [0.25, 0.3) is 0 Å². The van der Waals surface area contributed by atoms with Gasteiger partial charge in [-0.05, 0) is 73.6 Å². The van der Waals surface area contributed by atoms with Crippen LogP contribution in [-0.2, 0) is 9.53 Å². The van der Waals surface area contributed by atoms with E-state index in [0.29, 0.717) is 43.5 Å². The highest BCUT2D eigenvalue weighted by Crippen LogP contribution is 2.53. The Morgan fingerprint density at radius 3 is 2.76 bits per heavy atom. The van der Waals surface area contributed by atoms with E-state index in [9.17, 15) is 4.79 Å². The van der Waals surface area contributed by atoms with Gasteiger partial charge < -0.3 is 15.0 Å².